The molecule has 2 unspecified atom stereocenters. The molecule has 5 heteroatoms. The number of rotatable bonds is 6. The monoisotopic (exact) mass is 308 g/mol. The fraction of sp³-hybridized carbons (Fsp3) is 0.625. The van der Waals surface area contributed by atoms with Crippen LogP contribution in [0.15, 0.2) is 17.5 Å². The molecular weight excluding hydrogens is 284 g/mol. The summed E-state index contributed by atoms with van der Waals surface area (Å²) in [5.41, 5.74) is 0. The Bertz CT molecular complexity index is 459. The zero-order chi connectivity index (χ0) is 15.2. The van der Waals surface area contributed by atoms with Gasteiger partial charge in [0, 0.05) is 4.88 Å². The highest BCUT2D eigenvalue weighted by molar-refractivity contribution is 7.10. The van der Waals surface area contributed by atoms with Crippen LogP contribution in [0.3, 0.4) is 0 Å². The molecule has 1 N–H and O–H groups in total. The Hall–Kier alpha value is -1.20. The molecule has 116 valence electrons. The van der Waals surface area contributed by atoms with Crippen molar-refractivity contribution in [3.63, 3.8) is 0 Å². The van der Waals surface area contributed by atoms with Crippen molar-refractivity contribution in [3.8, 4) is 0 Å². The number of amides is 1. The van der Waals surface area contributed by atoms with Gasteiger partial charge in [-0.05, 0) is 36.8 Å². The van der Waals surface area contributed by atoms with Gasteiger partial charge in [0.15, 0.2) is 0 Å². The van der Waals surface area contributed by atoms with Gasteiger partial charge in [-0.1, -0.05) is 26.3 Å². The molecule has 1 aliphatic rings. The van der Waals surface area contributed by atoms with Gasteiger partial charge in [0.25, 0.3) is 0 Å². The zero-order valence-corrected chi connectivity index (χ0v) is 13.6. The second-order valence-electron chi connectivity index (χ2n) is 5.97. The van der Waals surface area contributed by atoms with E-state index >= 15 is 0 Å². The van der Waals surface area contributed by atoms with E-state index in [9.17, 15) is 9.59 Å². The van der Waals surface area contributed by atoms with Crippen LogP contribution in [0.5, 0.6) is 0 Å². The molecule has 0 aromatic carbocycles. The fourth-order valence-corrected chi connectivity index (χ4v) is 3.75. The first-order valence-corrected chi connectivity index (χ1v) is 8.52. The van der Waals surface area contributed by atoms with Crippen LogP contribution < -0.4 is 5.32 Å². The first kappa shape index (κ1) is 16.2. The first-order chi connectivity index (χ1) is 10.1. The highest BCUT2D eigenvalue weighted by atomic mass is 32.1. The minimum Gasteiger partial charge on any atom is -0.347 e. The van der Waals surface area contributed by atoms with E-state index in [2.05, 4.69) is 25.2 Å². The molecule has 0 aliphatic carbocycles. The van der Waals surface area contributed by atoms with Crippen LogP contribution in [0.25, 0.3) is 0 Å². The molecule has 2 heterocycles. The smallest absolute Gasteiger partial charge is 0.234 e. The summed E-state index contributed by atoms with van der Waals surface area (Å²) in [6.07, 6.45) is 3.99. The number of thiophene rings is 1. The molecule has 0 bridgehead atoms. The van der Waals surface area contributed by atoms with Crippen molar-refractivity contribution >= 4 is 23.5 Å². The summed E-state index contributed by atoms with van der Waals surface area (Å²) in [5.74, 6) is 0.353. The van der Waals surface area contributed by atoms with Gasteiger partial charge < -0.3 is 10.1 Å². The number of aldehydes is 1. The normalized spacial score (nSPS) is 21.2. The molecule has 1 aliphatic heterocycles. The summed E-state index contributed by atoms with van der Waals surface area (Å²) < 4.78 is 0. The molecule has 1 aromatic heterocycles. The lowest BCUT2D eigenvalue weighted by Gasteiger charge is -2.32. The third kappa shape index (κ3) is 4.38. The van der Waals surface area contributed by atoms with Gasteiger partial charge in [0.05, 0.1) is 18.6 Å². The average Bonchev–Trinajstić information content (AvgIpc) is 2.99. The van der Waals surface area contributed by atoms with E-state index in [-0.39, 0.29) is 18.0 Å². The molecule has 1 saturated heterocycles. The maximum atomic E-state index is 12.3. The van der Waals surface area contributed by atoms with Crippen LogP contribution >= 0.6 is 11.3 Å². The van der Waals surface area contributed by atoms with Crippen molar-refractivity contribution in [3.05, 3.63) is 22.4 Å². The Morgan fingerprint density at radius 3 is 2.95 bits per heavy atom. The van der Waals surface area contributed by atoms with E-state index in [1.54, 1.807) is 11.3 Å². The fourth-order valence-electron chi connectivity index (χ4n) is 2.81. The highest BCUT2D eigenvalue weighted by Crippen LogP contribution is 2.25. The Morgan fingerprint density at radius 2 is 2.33 bits per heavy atom. The lowest BCUT2D eigenvalue weighted by molar-refractivity contribution is -0.125. The maximum Gasteiger partial charge on any atom is 0.234 e. The summed E-state index contributed by atoms with van der Waals surface area (Å²) in [7, 11) is 0. The quantitative estimate of drug-likeness (QED) is 0.822. The van der Waals surface area contributed by atoms with Gasteiger partial charge in [-0.25, -0.2) is 0 Å². The second kappa shape index (κ2) is 7.71. The standard InChI is InChI=1S/C16H24N2O2S/c1-12(2)16(14-7-5-9-21-14)17-15(20)10-18-8-4-3-6-13(18)11-19/h5,7,9,11-13,16H,3-4,6,8,10H2,1-2H3,(H,17,20). The van der Waals surface area contributed by atoms with Crippen molar-refractivity contribution in [1.82, 2.24) is 10.2 Å². The van der Waals surface area contributed by atoms with Gasteiger partial charge in [-0.15, -0.1) is 11.3 Å². The molecule has 2 rings (SSSR count). The predicted molar refractivity (Wildman–Crippen MR) is 85.3 cm³/mol. The van der Waals surface area contributed by atoms with Crippen molar-refractivity contribution in [2.24, 2.45) is 5.92 Å². The predicted octanol–water partition coefficient (Wildman–Crippen LogP) is 2.61. The van der Waals surface area contributed by atoms with Crippen LogP contribution in [0.1, 0.15) is 44.0 Å². The summed E-state index contributed by atoms with van der Waals surface area (Å²) in [6.45, 7) is 5.37. The SMILES string of the molecule is CC(C)C(NC(=O)CN1CCCCC1C=O)c1cccs1. The summed E-state index contributed by atoms with van der Waals surface area (Å²) in [6, 6.07) is 4.03. The lowest BCUT2D eigenvalue weighted by Crippen LogP contribution is -2.47. The molecule has 1 amide bonds. The van der Waals surface area contributed by atoms with Gasteiger partial charge in [0.2, 0.25) is 5.91 Å². The van der Waals surface area contributed by atoms with Crippen molar-refractivity contribution < 1.29 is 9.59 Å². The number of piperidine rings is 1. The van der Waals surface area contributed by atoms with Crippen molar-refractivity contribution in [1.29, 1.82) is 0 Å². The highest BCUT2D eigenvalue weighted by Gasteiger charge is 2.25. The summed E-state index contributed by atoms with van der Waals surface area (Å²) in [5, 5.41) is 5.16. The van der Waals surface area contributed by atoms with Crippen LogP contribution in [0, 0.1) is 5.92 Å². The van der Waals surface area contributed by atoms with E-state index in [1.165, 1.54) is 4.88 Å². The minimum atomic E-state index is -0.0938. The molecule has 2 atom stereocenters. The number of nitrogens with zero attached hydrogens (tertiary/aromatic N) is 1. The van der Waals surface area contributed by atoms with Crippen LogP contribution in [-0.4, -0.2) is 36.2 Å². The zero-order valence-electron chi connectivity index (χ0n) is 12.7. The lowest BCUT2D eigenvalue weighted by atomic mass is 10.0. The van der Waals surface area contributed by atoms with Crippen molar-refractivity contribution in [2.45, 2.75) is 45.2 Å². The van der Waals surface area contributed by atoms with Gasteiger partial charge >= 0.3 is 0 Å². The number of nitrogens with one attached hydrogen (secondary N) is 1. The third-order valence-electron chi connectivity index (χ3n) is 4.00. The molecule has 21 heavy (non-hydrogen) atoms. The Kier molecular flexibility index (Phi) is 5.94. The number of likely N-dealkylation sites (tertiary alicyclic amines) is 1. The molecule has 0 spiro atoms. The first-order valence-electron chi connectivity index (χ1n) is 7.64. The van der Waals surface area contributed by atoms with Gasteiger partial charge in [0.1, 0.15) is 6.29 Å². The number of hydrogen-bond donors (Lipinski definition) is 1. The Balaban J connectivity index is 1.94. The third-order valence-corrected chi connectivity index (χ3v) is 4.96. The van der Waals surface area contributed by atoms with E-state index < -0.39 is 0 Å². The molecule has 0 radical (unpaired) electrons. The van der Waals surface area contributed by atoms with Crippen molar-refractivity contribution in [2.75, 3.05) is 13.1 Å². The van der Waals surface area contributed by atoms with Crippen LogP contribution in [0.4, 0.5) is 0 Å². The van der Waals surface area contributed by atoms with Gasteiger partial charge in [-0.3, -0.25) is 9.69 Å². The molecule has 1 aromatic rings. The molecule has 1 fully saturated rings. The topological polar surface area (TPSA) is 49.4 Å². The van der Waals surface area contributed by atoms with Crippen LogP contribution in [0.2, 0.25) is 0 Å². The number of carbonyl (C=O) groups is 2. The number of carbonyl (C=O) groups excluding carboxylic acids is 2. The van der Waals surface area contributed by atoms with E-state index in [0.717, 1.165) is 32.1 Å². The van der Waals surface area contributed by atoms with Crippen LogP contribution in [-0.2, 0) is 9.59 Å². The van der Waals surface area contributed by atoms with E-state index in [0.29, 0.717) is 12.5 Å². The second-order valence-corrected chi connectivity index (χ2v) is 6.95. The van der Waals surface area contributed by atoms with E-state index in [4.69, 9.17) is 0 Å². The largest absolute Gasteiger partial charge is 0.347 e. The molecule has 0 saturated carbocycles. The average molecular weight is 308 g/mol. The Labute approximate surface area is 130 Å². The minimum absolute atomic E-state index is 0.0100. The maximum absolute atomic E-state index is 12.3. The van der Waals surface area contributed by atoms with Gasteiger partial charge in [-0.2, -0.15) is 0 Å². The molecular formula is C16H24N2O2S. The van der Waals surface area contributed by atoms with E-state index in [1.807, 2.05) is 16.3 Å². The summed E-state index contributed by atoms with van der Waals surface area (Å²) >= 11 is 1.67. The Morgan fingerprint density at radius 1 is 1.52 bits per heavy atom. The number of hydrogen-bond acceptors (Lipinski definition) is 4. The molecule has 4 nitrogen and oxygen atoms in total. The summed E-state index contributed by atoms with van der Waals surface area (Å²) in [4.78, 5) is 26.6.